The van der Waals surface area contributed by atoms with Gasteiger partial charge in [0.25, 0.3) is 5.95 Å². The topological polar surface area (TPSA) is 40.8 Å². The quantitative estimate of drug-likeness (QED) is 0.679. The Labute approximate surface area is 78.7 Å². The zero-order valence-corrected chi connectivity index (χ0v) is 9.07. The Morgan fingerprint density at radius 2 is 2.08 bits per heavy atom. The molecule has 1 heterocycles. The Morgan fingerprint density at radius 3 is 2.54 bits per heavy atom. The molecule has 0 aliphatic rings. The van der Waals surface area contributed by atoms with Crippen molar-refractivity contribution >= 4 is 8.56 Å². The zero-order chi connectivity index (χ0) is 9.73. The van der Waals surface area contributed by atoms with Crippen LogP contribution in [0, 0.1) is 0 Å². The van der Waals surface area contributed by atoms with E-state index in [-0.39, 0.29) is 0 Å². The molecule has 74 valence electrons. The number of ether oxygens (including phenoxy) is 1. The molecule has 0 spiro atoms. The molecule has 0 aliphatic heterocycles. The van der Waals surface area contributed by atoms with Gasteiger partial charge in [0.05, 0.1) is 6.26 Å². The minimum Gasteiger partial charge on any atom is -0.463 e. The van der Waals surface area contributed by atoms with Crippen LogP contribution < -0.4 is 4.74 Å². The average molecular weight is 202 g/mol. The maximum Gasteiger partial charge on any atom is 0.373 e. The average Bonchev–Trinajstić information content (AvgIpc) is 2.67. The molecule has 5 heteroatoms. The van der Waals surface area contributed by atoms with Crippen LogP contribution in [0.5, 0.6) is 5.95 Å². The highest BCUT2D eigenvalue weighted by Gasteiger charge is 2.30. The summed E-state index contributed by atoms with van der Waals surface area (Å²) >= 11 is 0. The van der Waals surface area contributed by atoms with Crippen LogP contribution in [0.4, 0.5) is 0 Å². The first kappa shape index (κ1) is 10.3. The van der Waals surface area contributed by atoms with Gasteiger partial charge < -0.3 is 18.0 Å². The van der Waals surface area contributed by atoms with E-state index in [1.165, 1.54) is 0 Å². The van der Waals surface area contributed by atoms with E-state index >= 15 is 0 Å². The maximum atomic E-state index is 5.34. The minimum atomic E-state index is -2.14. The summed E-state index contributed by atoms with van der Waals surface area (Å²) in [6, 6.07) is 3.52. The molecule has 0 aliphatic carbocycles. The van der Waals surface area contributed by atoms with Crippen LogP contribution >= 0.6 is 0 Å². The number of hydrogen-bond donors (Lipinski definition) is 0. The van der Waals surface area contributed by atoms with Crippen molar-refractivity contribution in [2.45, 2.75) is 6.55 Å². The fourth-order valence-electron chi connectivity index (χ4n) is 0.749. The second kappa shape index (κ2) is 4.45. The first-order valence-corrected chi connectivity index (χ1v) is 6.49. The van der Waals surface area contributed by atoms with Crippen LogP contribution in [-0.2, 0) is 8.85 Å². The Hall–Kier alpha value is -0.783. The molecule has 0 unspecified atom stereocenters. The molecule has 0 atom stereocenters. The minimum absolute atomic E-state index is 0.424. The number of hydrogen-bond acceptors (Lipinski definition) is 4. The molecule has 0 fully saturated rings. The van der Waals surface area contributed by atoms with Crippen molar-refractivity contribution in [2.75, 3.05) is 20.4 Å². The van der Waals surface area contributed by atoms with Gasteiger partial charge in [-0.2, -0.15) is 0 Å². The molecule has 1 aromatic rings. The van der Waals surface area contributed by atoms with Crippen LogP contribution in [0.1, 0.15) is 0 Å². The van der Waals surface area contributed by atoms with Gasteiger partial charge in [0.2, 0.25) is 0 Å². The number of rotatable bonds is 5. The lowest BCUT2D eigenvalue weighted by atomic mass is 10.7. The fraction of sp³-hybridized carbons (Fsp3) is 0.500. The summed E-state index contributed by atoms with van der Waals surface area (Å²) in [5.74, 6) is 0.493. The van der Waals surface area contributed by atoms with Crippen LogP contribution in [0.25, 0.3) is 0 Å². The molecule has 1 rings (SSSR count). The van der Waals surface area contributed by atoms with Gasteiger partial charge in [-0.05, 0) is 12.6 Å². The lowest BCUT2D eigenvalue weighted by molar-refractivity contribution is 0.193. The molecule has 4 nitrogen and oxygen atoms in total. The third-order valence-corrected chi connectivity index (χ3v) is 4.23. The number of furan rings is 1. The van der Waals surface area contributed by atoms with Crippen molar-refractivity contribution in [3.05, 3.63) is 18.4 Å². The summed E-state index contributed by atoms with van der Waals surface area (Å²) in [7, 11) is 1.12. The van der Waals surface area contributed by atoms with Crippen molar-refractivity contribution in [1.29, 1.82) is 0 Å². The smallest absolute Gasteiger partial charge is 0.373 e. The standard InChI is InChI=1S/C8H14O4Si/c1-9-13(3,10-2)7-12-8-5-4-6-11-8/h4-6H,7H2,1-3H3. The lowest BCUT2D eigenvalue weighted by Crippen LogP contribution is -2.43. The van der Waals surface area contributed by atoms with E-state index < -0.39 is 8.56 Å². The predicted octanol–water partition coefficient (Wildman–Crippen LogP) is 1.56. The molecule has 0 radical (unpaired) electrons. The van der Waals surface area contributed by atoms with Gasteiger partial charge >= 0.3 is 8.56 Å². The SMILES string of the molecule is CO[Si](C)(COc1ccco1)OC. The van der Waals surface area contributed by atoms with Crippen molar-refractivity contribution < 1.29 is 18.0 Å². The molecule has 1 aromatic heterocycles. The molecular weight excluding hydrogens is 188 g/mol. The van der Waals surface area contributed by atoms with Gasteiger partial charge in [-0.1, -0.05) is 0 Å². The Kier molecular flexibility index (Phi) is 3.53. The van der Waals surface area contributed by atoms with Crippen LogP contribution in [0.2, 0.25) is 6.55 Å². The molecule has 0 aromatic carbocycles. The summed E-state index contributed by atoms with van der Waals surface area (Å²) in [6.45, 7) is 1.93. The van der Waals surface area contributed by atoms with E-state index in [4.69, 9.17) is 18.0 Å². The molecule has 0 bridgehead atoms. The molecular formula is C8H14O4Si. The molecule has 0 saturated carbocycles. The van der Waals surface area contributed by atoms with Crippen LogP contribution in [0.3, 0.4) is 0 Å². The van der Waals surface area contributed by atoms with Gasteiger partial charge in [-0.25, -0.2) is 0 Å². The monoisotopic (exact) mass is 202 g/mol. The summed E-state index contributed by atoms with van der Waals surface area (Å²) in [5.41, 5.74) is 0. The fourth-order valence-corrected chi connectivity index (χ4v) is 1.56. The van der Waals surface area contributed by atoms with E-state index in [0.717, 1.165) is 0 Å². The highest BCUT2D eigenvalue weighted by molar-refractivity contribution is 6.65. The summed E-state index contributed by atoms with van der Waals surface area (Å²) in [6.07, 6.45) is 1.99. The van der Waals surface area contributed by atoms with Gasteiger partial charge in [0.15, 0.2) is 0 Å². The normalized spacial score (nSPS) is 11.6. The molecule has 0 N–H and O–H groups in total. The summed E-state index contributed by atoms with van der Waals surface area (Å²) in [4.78, 5) is 0. The second-order valence-corrected chi connectivity index (χ2v) is 6.14. The van der Waals surface area contributed by atoms with Gasteiger partial charge in [-0.3, -0.25) is 0 Å². The van der Waals surface area contributed by atoms with Crippen molar-refractivity contribution in [3.8, 4) is 5.95 Å². The van der Waals surface area contributed by atoms with Crippen molar-refractivity contribution in [3.63, 3.8) is 0 Å². The van der Waals surface area contributed by atoms with Crippen molar-refractivity contribution in [2.24, 2.45) is 0 Å². The van der Waals surface area contributed by atoms with E-state index in [2.05, 4.69) is 0 Å². The van der Waals surface area contributed by atoms with Gasteiger partial charge in [0, 0.05) is 20.3 Å². The second-order valence-electron chi connectivity index (χ2n) is 2.76. The highest BCUT2D eigenvalue weighted by Crippen LogP contribution is 2.13. The van der Waals surface area contributed by atoms with E-state index in [0.29, 0.717) is 12.2 Å². The van der Waals surface area contributed by atoms with Crippen LogP contribution in [-0.4, -0.2) is 29.0 Å². The summed E-state index contributed by atoms with van der Waals surface area (Å²) in [5, 5.41) is 0. The molecule has 0 saturated heterocycles. The predicted molar refractivity (Wildman–Crippen MR) is 49.8 cm³/mol. The van der Waals surface area contributed by atoms with Crippen molar-refractivity contribution in [1.82, 2.24) is 0 Å². The Morgan fingerprint density at radius 1 is 1.38 bits per heavy atom. The lowest BCUT2D eigenvalue weighted by Gasteiger charge is -2.21. The van der Waals surface area contributed by atoms with Gasteiger partial charge in [-0.15, -0.1) is 0 Å². The highest BCUT2D eigenvalue weighted by atomic mass is 28.4. The van der Waals surface area contributed by atoms with E-state index in [1.54, 1.807) is 32.6 Å². The maximum absolute atomic E-state index is 5.34. The third-order valence-electron chi connectivity index (χ3n) is 1.84. The zero-order valence-electron chi connectivity index (χ0n) is 8.07. The van der Waals surface area contributed by atoms with Crippen LogP contribution in [0.15, 0.2) is 22.8 Å². The molecule has 13 heavy (non-hydrogen) atoms. The Balaban J connectivity index is 2.41. The first-order chi connectivity index (χ1) is 6.20. The van der Waals surface area contributed by atoms with Gasteiger partial charge in [0.1, 0.15) is 6.23 Å². The first-order valence-electron chi connectivity index (χ1n) is 3.97. The summed E-state index contributed by atoms with van der Waals surface area (Å²) < 4.78 is 20.8. The Bertz CT molecular complexity index is 230. The third kappa shape index (κ3) is 2.87. The van der Waals surface area contributed by atoms with E-state index in [1.807, 2.05) is 6.55 Å². The largest absolute Gasteiger partial charge is 0.463 e. The van der Waals surface area contributed by atoms with E-state index in [9.17, 15) is 0 Å². The molecule has 0 amide bonds.